The minimum atomic E-state index is 0.675. The summed E-state index contributed by atoms with van der Waals surface area (Å²) in [6, 6.07) is 7.94. The Labute approximate surface area is 134 Å². The maximum Gasteiger partial charge on any atom is 0.103 e. The monoisotopic (exact) mass is 326 g/mol. The number of hydrogen-bond acceptors (Lipinski definition) is 4. The molecular weight excluding hydrogens is 308 g/mol. The lowest BCUT2D eigenvalue weighted by atomic mass is 10.2. The summed E-state index contributed by atoms with van der Waals surface area (Å²) < 4.78 is 0. The molecule has 2 aromatic rings. The molecule has 0 amide bonds. The van der Waals surface area contributed by atoms with Gasteiger partial charge in [-0.05, 0) is 36.7 Å². The number of nitrogens with zero attached hydrogens (tertiary/aromatic N) is 1. The predicted octanol–water partition coefficient (Wildman–Crippen LogP) is 4.83. The van der Waals surface area contributed by atoms with Gasteiger partial charge in [-0.15, -0.1) is 23.1 Å². The molecule has 0 atom stereocenters. The average molecular weight is 327 g/mol. The van der Waals surface area contributed by atoms with Gasteiger partial charge in [0.1, 0.15) is 5.01 Å². The van der Waals surface area contributed by atoms with E-state index in [2.05, 4.69) is 29.5 Å². The maximum atomic E-state index is 5.88. The second-order valence-electron chi connectivity index (χ2n) is 5.00. The standard InChI is InChI=1S/C15H19ClN2S2/c1-11(2)7-17-8-13-9-20-15(18-13)10-19-14-5-3-12(16)4-6-14/h3-6,9,11,17H,7-8,10H2,1-2H3. The fraction of sp³-hybridized carbons (Fsp3) is 0.400. The van der Waals surface area contributed by atoms with Crippen molar-refractivity contribution in [1.82, 2.24) is 10.3 Å². The van der Waals surface area contributed by atoms with Crippen molar-refractivity contribution < 1.29 is 0 Å². The molecule has 2 rings (SSSR count). The number of benzene rings is 1. The molecule has 1 N–H and O–H groups in total. The minimum absolute atomic E-state index is 0.675. The zero-order chi connectivity index (χ0) is 14.4. The van der Waals surface area contributed by atoms with Crippen LogP contribution in [0.15, 0.2) is 34.5 Å². The van der Waals surface area contributed by atoms with Crippen LogP contribution in [0.4, 0.5) is 0 Å². The molecule has 0 spiro atoms. The first-order valence-electron chi connectivity index (χ1n) is 6.66. The molecular formula is C15H19ClN2S2. The number of aromatic nitrogens is 1. The Kier molecular flexibility index (Phi) is 6.36. The summed E-state index contributed by atoms with van der Waals surface area (Å²) in [6.07, 6.45) is 0. The van der Waals surface area contributed by atoms with Gasteiger partial charge in [0, 0.05) is 21.8 Å². The minimum Gasteiger partial charge on any atom is -0.311 e. The molecule has 0 aliphatic heterocycles. The molecule has 5 heteroatoms. The van der Waals surface area contributed by atoms with Gasteiger partial charge in [-0.25, -0.2) is 4.98 Å². The van der Waals surface area contributed by atoms with Gasteiger partial charge in [0.25, 0.3) is 0 Å². The number of thioether (sulfide) groups is 1. The molecule has 1 heterocycles. The van der Waals surface area contributed by atoms with Crippen LogP contribution < -0.4 is 5.32 Å². The van der Waals surface area contributed by atoms with Gasteiger partial charge in [-0.1, -0.05) is 25.4 Å². The molecule has 20 heavy (non-hydrogen) atoms. The van der Waals surface area contributed by atoms with Gasteiger partial charge in [-0.2, -0.15) is 0 Å². The summed E-state index contributed by atoms with van der Waals surface area (Å²) in [4.78, 5) is 5.87. The van der Waals surface area contributed by atoms with Crippen LogP contribution in [0.3, 0.4) is 0 Å². The Bertz CT molecular complexity index is 523. The summed E-state index contributed by atoms with van der Waals surface area (Å²) in [7, 11) is 0. The molecule has 0 saturated heterocycles. The van der Waals surface area contributed by atoms with Crippen molar-refractivity contribution in [3.8, 4) is 0 Å². The van der Waals surface area contributed by atoms with E-state index < -0.39 is 0 Å². The van der Waals surface area contributed by atoms with E-state index in [9.17, 15) is 0 Å². The highest BCUT2D eigenvalue weighted by atomic mass is 35.5. The first-order chi connectivity index (χ1) is 9.63. The van der Waals surface area contributed by atoms with E-state index in [1.165, 1.54) is 9.90 Å². The Balaban J connectivity index is 1.79. The largest absolute Gasteiger partial charge is 0.311 e. The number of halogens is 1. The Morgan fingerprint density at radius 1 is 1.30 bits per heavy atom. The van der Waals surface area contributed by atoms with E-state index in [1.54, 1.807) is 23.1 Å². The molecule has 0 saturated carbocycles. The predicted molar refractivity (Wildman–Crippen MR) is 89.7 cm³/mol. The van der Waals surface area contributed by atoms with E-state index in [0.29, 0.717) is 5.92 Å². The van der Waals surface area contributed by atoms with Crippen LogP contribution in [-0.2, 0) is 12.3 Å². The van der Waals surface area contributed by atoms with Gasteiger partial charge in [-0.3, -0.25) is 0 Å². The van der Waals surface area contributed by atoms with E-state index >= 15 is 0 Å². The lowest BCUT2D eigenvalue weighted by Crippen LogP contribution is -2.19. The second kappa shape index (κ2) is 8.03. The molecule has 1 aromatic heterocycles. The van der Waals surface area contributed by atoms with Crippen molar-refractivity contribution in [2.75, 3.05) is 6.54 Å². The normalized spacial score (nSPS) is 11.2. The van der Waals surface area contributed by atoms with Crippen LogP contribution in [0.1, 0.15) is 24.5 Å². The van der Waals surface area contributed by atoms with Gasteiger partial charge < -0.3 is 5.32 Å². The third kappa shape index (κ3) is 5.44. The number of nitrogens with one attached hydrogen (secondary N) is 1. The molecule has 0 aliphatic rings. The summed E-state index contributed by atoms with van der Waals surface area (Å²) in [6.45, 7) is 6.32. The summed E-state index contributed by atoms with van der Waals surface area (Å²) >= 11 is 9.40. The molecule has 0 fully saturated rings. The van der Waals surface area contributed by atoms with E-state index in [1.807, 2.05) is 24.3 Å². The third-order valence-electron chi connectivity index (χ3n) is 2.63. The van der Waals surface area contributed by atoms with Crippen LogP contribution in [0.5, 0.6) is 0 Å². The number of hydrogen-bond donors (Lipinski definition) is 1. The summed E-state index contributed by atoms with van der Waals surface area (Å²) in [5, 5.41) is 7.51. The molecule has 0 bridgehead atoms. The SMILES string of the molecule is CC(C)CNCc1csc(CSc2ccc(Cl)cc2)n1. The Morgan fingerprint density at radius 3 is 2.75 bits per heavy atom. The first kappa shape index (κ1) is 15.8. The molecule has 1 aromatic carbocycles. The lowest BCUT2D eigenvalue weighted by Gasteiger charge is -2.04. The van der Waals surface area contributed by atoms with Gasteiger partial charge in [0.15, 0.2) is 0 Å². The van der Waals surface area contributed by atoms with Crippen molar-refractivity contribution in [2.24, 2.45) is 5.92 Å². The van der Waals surface area contributed by atoms with Gasteiger partial charge in [0.2, 0.25) is 0 Å². The van der Waals surface area contributed by atoms with Crippen molar-refractivity contribution in [2.45, 2.75) is 31.0 Å². The fourth-order valence-corrected chi connectivity index (χ4v) is 3.50. The first-order valence-corrected chi connectivity index (χ1v) is 8.90. The lowest BCUT2D eigenvalue weighted by molar-refractivity contribution is 0.549. The van der Waals surface area contributed by atoms with Gasteiger partial charge >= 0.3 is 0 Å². The van der Waals surface area contributed by atoms with Gasteiger partial charge in [0.05, 0.1) is 11.4 Å². The second-order valence-corrected chi connectivity index (χ2v) is 7.43. The highest BCUT2D eigenvalue weighted by molar-refractivity contribution is 7.98. The third-order valence-corrected chi connectivity index (χ3v) is 4.99. The van der Waals surface area contributed by atoms with Crippen LogP contribution >= 0.6 is 34.7 Å². The maximum absolute atomic E-state index is 5.88. The zero-order valence-corrected chi connectivity index (χ0v) is 14.1. The fourth-order valence-electron chi connectivity index (χ4n) is 1.66. The van der Waals surface area contributed by atoms with Crippen molar-refractivity contribution >= 4 is 34.7 Å². The Morgan fingerprint density at radius 2 is 2.05 bits per heavy atom. The van der Waals surface area contributed by atoms with E-state index in [0.717, 1.165) is 29.6 Å². The topological polar surface area (TPSA) is 24.9 Å². The van der Waals surface area contributed by atoms with Crippen LogP contribution in [0.2, 0.25) is 5.02 Å². The number of rotatable bonds is 7. The summed E-state index contributed by atoms with van der Waals surface area (Å²) in [5.41, 5.74) is 1.14. The number of thiazole rings is 1. The molecule has 0 radical (unpaired) electrons. The molecule has 0 aliphatic carbocycles. The highest BCUT2D eigenvalue weighted by Crippen LogP contribution is 2.25. The van der Waals surface area contributed by atoms with E-state index in [4.69, 9.17) is 11.6 Å². The zero-order valence-electron chi connectivity index (χ0n) is 11.7. The van der Waals surface area contributed by atoms with Crippen molar-refractivity contribution in [3.05, 3.63) is 45.4 Å². The molecule has 0 unspecified atom stereocenters. The summed E-state index contributed by atoms with van der Waals surface area (Å²) in [5.74, 6) is 1.59. The van der Waals surface area contributed by atoms with Crippen molar-refractivity contribution in [1.29, 1.82) is 0 Å². The average Bonchev–Trinajstić information content (AvgIpc) is 2.86. The highest BCUT2D eigenvalue weighted by Gasteiger charge is 2.03. The quantitative estimate of drug-likeness (QED) is 0.737. The smallest absolute Gasteiger partial charge is 0.103 e. The van der Waals surface area contributed by atoms with Crippen LogP contribution in [0.25, 0.3) is 0 Å². The molecule has 108 valence electrons. The van der Waals surface area contributed by atoms with Crippen molar-refractivity contribution in [3.63, 3.8) is 0 Å². The van der Waals surface area contributed by atoms with Crippen LogP contribution in [-0.4, -0.2) is 11.5 Å². The molecule has 2 nitrogen and oxygen atoms in total. The van der Waals surface area contributed by atoms with E-state index in [-0.39, 0.29) is 0 Å². The van der Waals surface area contributed by atoms with Crippen LogP contribution in [0, 0.1) is 5.92 Å². The Hall–Kier alpha value is -0.550.